The van der Waals surface area contributed by atoms with Crippen molar-refractivity contribution < 1.29 is 9.59 Å². The van der Waals surface area contributed by atoms with Crippen LogP contribution in [0.1, 0.15) is 44.5 Å². The lowest BCUT2D eigenvalue weighted by Gasteiger charge is -2.42. The summed E-state index contributed by atoms with van der Waals surface area (Å²) in [6.07, 6.45) is 1.88. The predicted molar refractivity (Wildman–Crippen MR) is 80.4 cm³/mol. The van der Waals surface area contributed by atoms with E-state index in [1.165, 1.54) is 4.88 Å². The normalized spacial score (nSPS) is 21.2. The van der Waals surface area contributed by atoms with Gasteiger partial charge in [-0.2, -0.15) is 0 Å². The maximum atomic E-state index is 12.4. The van der Waals surface area contributed by atoms with Gasteiger partial charge in [0.05, 0.1) is 12.6 Å². The number of carbonyl (C=O) groups is 2. The van der Waals surface area contributed by atoms with Gasteiger partial charge in [0.2, 0.25) is 11.8 Å². The van der Waals surface area contributed by atoms with Crippen molar-refractivity contribution in [2.24, 2.45) is 5.92 Å². The van der Waals surface area contributed by atoms with Crippen LogP contribution in [0, 0.1) is 5.92 Å². The quantitative estimate of drug-likeness (QED) is 0.907. The maximum Gasteiger partial charge on any atom is 0.243 e. The van der Waals surface area contributed by atoms with Crippen LogP contribution in [0.4, 0.5) is 0 Å². The van der Waals surface area contributed by atoms with Crippen molar-refractivity contribution in [3.8, 4) is 0 Å². The minimum Gasteiger partial charge on any atom is -0.345 e. The summed E-state index contributed by atoms with van der Waals surface area (Å²) < 4.78 is 0. The van der Waals surface area contributed by atoms with Crippen molar-refractivity contribution in [2.45, 2.75) is 45.7 Å². The molecular weight excluding hydrogens is 272 g/mol. The Morgan fingerprint density at radius 3 is 2.75 bits per heavy atom. The van der Waals surface area contributed by atoms with Gasteiger partial charge in [-0.1, -0.05) is 33.3 Å². The largest absolute Gasteiger partial charge is 0.345 e. The van der Waals surface area contributed by atoms with Crippen molar-refractivity contribution >= 4 is 23.2 Å². The van der Waals surface area contributed by atoms with Crippen LogP contribution in [0.5, 0.6) is 0 Å². The number of hydrogen-bond donors (Lipinski definition) is 1. The average Bonchev–Trinajstić information content (AvgIpc) is 2.92. The van der Waals surface area contributed by atoms with Crippen LogP contribution < -0.4 is 5.32 Å². The number of nitrogens with one attached hydrogen (secondary N) is 1. The topological polar surface area (TPSA) is 49.4 Å². The van der Waals surface area contributed by atoms with Gasteiger partial charge in [0.25, 0.3) is 0 Å². The summed E-state index contributed by atoms with van der Waals surface area (Å²) in [5.41, 5.74) is 0. The maximum absolute atomic E-state index is 12.4. The summed E-state index contributed by atoms with van der Waals surface area (Å²) in [6.45, 7) is 6.22. The Hall–Kier alpha value is -1.36. The van der Waals surface area contributed by atoms with Crippen LogP contribution in [0.15, 0.2) is 17.5 Å². The average molecular weight is 294 g/mol. The molecule has 0 saturated carbocycles. The van der Waals surface area contributed by atoms with E-state index in [-0.39, 0.29) is 36.4 Å². The van der Waals surface area contributed by atoms with E-state index in [0.717, 1.165) is 12.8 Å². The molecule has 1 aliphatic heterocycles. The highest BCUT2D eigenvalue weighted by atomic mass is 32.1. The minimum atomic E-state index is -0.366. The fourth-order valence-electron chi connectivity index (χ4n) is 2.80. The van der Waals surface area contributed by atoms with Gasteiger partial charge in [-0.25, -0.2) is 0 Å². The fourth-order valence-corrected chi connectivity index (χ4v) is 3.66. The highest BCUT2D eigenvalue weighted by molar-refractivity contribution is 7.10. The van der Waals surface area contributed by atoms with Gasteiger partial charge in [-0.3, -0.25) is 9.59 Å². The second kappa shape index (κ2) is 6.39. The molecule has 1 N–H and O–H groups in total. The lowest BCUT2D eigenvalue weighted by Crippen LogP contribution is -2.61. The van der Waals surface area contributed by atoms with Gasteiger partial charge >= 0.3 is 0 Å². The number of piperazine rings is 1. The molecular formula is C15H22N2O2S. The molecule has 1 aromatic rings. The highest BCUT2D eigenvalue weighted by Crippen LogP contribution is 2.33. The molecule has 2 amide bonds. The van der Waals surface area contributed by atoms with Crippen molar-refractivity contribution in [2.75, 3.05) is 6.54 Å². The van der Waals surface area contributed by atoms with E-state index in [2.05, 4.69) is 18.3 Å². The number of amides is 2. The van der Waals surface area contributed by atoms with E-state index < -0.39 is 0 Å². The molecule has 1 fully saturated rings. The summed E-state index contributed by atoms with van der Waals surface area (Å²) in [5.74, 6) is 0.103. The number of thiophene rings is 1. The van der Waals surface area contributed by atoms with Gasteiger partial charge in [0, 0.05) is 4.88 Å². The van der Waals surface area contributed by atoms with Crippen molar-refractivity contribution in [3.05, 3.63) is 22.4 Å². The summed E-state index contributed by atoms with van der Waals surface area (Å²) >= 11 is 1.66. The zero-order valence-corrected chi connectivity index (χ0v) is 13.1. The smallest absolute Gasteiger partial charge is 0.243 e. The molecule has 2 unspecified atom stereocenters. The summed E-state index contributed by atoms with van der Waals surface area (Å²) in [7, 11) is 0. The standard InChI is InChI=1S/C15H22N2O2S/c1-4-6-11(12-7-5-8-20-12)17-13(18)9-16-15(19)14(17)10(2)3/h5,7-8,10-11,14H,4,6,9H2,1-3H3,(H,16,19). The monoisotopic (exact) mass is 294 g/mol. The first-order valence-electron chi connectivity index (χ1n) is 7.18. The van der Waals surface area contributed by atoms with Gasteiger partial charge in [-0.15, -0.1) is 11.3 Å². The van der Waals surface area contributed by atoms with Crippen LogP contribution in [0.25, 0.3) is 0 Å². The summed E-state index contributed by atoms with van der Waals surface area (Å²) in [4.78, 5) is 27.5. The Balaban J connectivity index is 2.36. The molecule has 2 atom stereocenters. The molecule has 1 aromatic heterocycles. The molecule has 0 radical (unpaired) electrons. The van der Waals surface area contributed by atoms with Crippen LogP contribution >= 0.6 is 11.3 Å². The van der Waals surface area contributed by atoms with E-state index in [1.807, 2.05) is 30.2 Å². The van der Waals surface area contributed by atoms with Gasteiger partial charge < -0.3 is 10.2 Å². The third-order valence-electron chi connectivity index (χ3n) is 3.67. The summed E-state index contributed by atoms with van der Waals surface area (Å²) in [6, 6.07) is 3.71. The Labute approximate surface area is 124 Å². The van der Waals surface area contributed by atoms with Crippen LogP contribution in [0.3, 0.4) is 0 Å². The first-order chi connectivity index (χ1) is 9.56. The Morgan fingerprint density at radius 2 is 2.20 bits per heavy atom. The first-order valence-corrected chi connectivity index (χ1v) is 8.06. The van der Waals surface area contributed by atoms with Gasteiger partial charge in [-0.05, 0) is 23.8 Å². The second-order valence-electron chi connectivity index (χ2n) is 5.53. The lowest BCUT2D eigenvalue weighted by molar-refractivity contribution is -0.150. The molecule has 0 aromatic carbocycles. The first kappa shape index (κ1) is 15.0. The SMILES string of the molecule is CCCC(c1cccs1)N1C(=O)CNC(=O)C1C(C)C. The third kappa shape index (κ3) is 2.87. The van der Waals surface area contributed by atoms with Gasteiger partial charge in [0.1, 0.15) is 6.04 Å². The van der Waals surface area contributed by atoms with E-state index in [4.69, 9.17) is 0 Å². The summed E-state index contributed by atoms with van der Waals surface area (Å²) in [5, 5.41) is 4.73. The van der Waals surface area contributed by atoms with E-state index >= 15 is 0 Å². The lowest BCUT2D eigenvalue weighted by atomic mass is 9.95. The molecule has 110 valence electrons. The molecule has 1 saturated heterocycles. The molecule has 0 aliphatic carbocycles. The third-order valence-corrected chi connectivity index (χ3v) is 4.64. The number of hydrogen-bond acceptors (Lipinski definition) is 3. The second-order valence-corrected chi connectivity index (χ2v) is 6.51. The molecule has 5 heteroatoms. The molecule has 20 heavy (non-hydrogen) atoms. The molecule has 4 nitrogen and oxygen atoms in total. The van der Waals surface area contributed by atoms with E-state index in [0.29, 0.717) is 0 Å². The van der Waals surface area contributed by atoms with Crippen LogP contribution in [-0.4, -0.2) is 29.3 Å². The molecule has 2 heterocycles. The number of carbonyl (C=O) groups excluding carboxylic acids is 2. The molecule has 0 spiro atoms. The zero-order chi connectivity index (χ0) is 14.7. The van der Waals surface area contributed by atoms with Crippen molar-refractivity contribution in [1.82, 2.24) is 10.2 Å². The number of rotatable bonds is 5. The fraction of sp³-hybridized carbons (Fsp3) is 0.600. The Bertz CT molecular complexity index is 470. The van der Waals surface area contributed by atoms with E-state index in [1.54, 1.807) is 11.3 Å². The van der Waals surface area contributed by atoms with Crippen LogP contribution in [-0.2, 0) is 9.59 Å². The van der Waals surface area contributed by atoms with E-state index in [9.17, 15) is 9.59 Å². The van der Waals surface area contributed by atoms with Gasteiger partial charge in [0.15, 0.2) is 0 Å². The highest BCUT2D eigenvalue weighted by Gasteiger charge is 2.40. The number of nitrogens with zero attached hydrogens (tertiary/aromatic N) is 1. The molecule has 0 bridgehead atoms. The minimum absolute atomic E-state index is 0.0194. The zero-order valence-electron chi connectivity index (χ0n) is 12.3. The molecule has 1 aliphatic rings. The Kier molecular flexibility index (Phi) is 4.81. The predicted octanol–water partition coefficient (Wildman–Crippen LogP) is 2.57. The van der Waals surface area contributed by atoms with Crippen molar-refractivity contribution in [3.63, 3.8) is 0 Å². The Morgan fingerprint density at radius 1 is 1.45 bits per heavy atom. The van der Waals surface area contributed by atoms with Crippen molar-refractivity contribution in [1.29, 1.82) is 0 Å². The molecule has 2 rings (SSSR count). The van der Waals surface area contributed by atoms with Crippen LogP contribution in [0.2, 0.25) is 0 Å².